The van der Waals surface area contributed by atoms with E-state index in [0.717, 1.165) is 22.5 Å². The molecule has 0 amide bonds. The highest BCUT2D eigenvalue weighted by Crippen LogP contribution is 2.30. The minimum Gasteiger partial charge on any atom is -0.493 e. The Morgan fingerprint density at radius 3 is 2.50 bits per heavy atom. The van der Waals surface area contributed by atoms with Gasteiger partial charge in [0.15, 0.2) is 24.1 Å². The van der Waals surface area contributed by atoms with Gasteiger partial charge in [0.05, 0.1) is 19.3 Å². The van der Waals surface area contributed by atoms with Gasteiger partial charge >= 0.3 is 6.18 Å². The van der Waals surface area contributed by atoms with Crippen LogP contribution in [0.25, 0.3) is 0 Å². The molecule has 0 bridgehead atoms. The number of rotatable bonds is 8. The standard InChI is InChI=1S/C20H28F3N5O2/c1-6-24-19(26-11-16-13(2)27-28(4)14(16)3)25-10-15-7-8-17(18(9-15)29-5)30-12-20(21,22)23/h7-9H,6,10-12H2,1-5H3,(H2,24,25,26). The Morgan fingerprint density at radius 1 is 1.20 bits per heavy atom. The van der Waals surface area contributed by atoms with Crippen LogP contribution in [0.15, 0.2) is 23.2 Å². The number of aliphatic imine (C=N–C) groups is 1. The number of aryl methyl sites for hydroxylation is 2. The summed E-state index contributed by atoms with van der Waals surface area (Å²) in [6, 6.07) is 4.74. The smallest absolute Gasteiger partial charge is 0.422 e. The second kappa shape index (κ2) is 10.2. The second-order valence-electron chi connectivity index (χ2n) is 6.71. The number of hydrogen-bond acceptors (Lipinski definition) is 4. The van der Waals surface area contributed by atoms with Crippen LogP contribution < -0.4 is 20.1 Å². The van der Waals surface area contributed by atoms with Crippen molar-refractivity contribution < 1.29 is 22.6 Å². The van der Waals surface area contributed by atoms with Gasteiger partial charge in [-0.05, 0) is 38.5 Å². The van der Waals surface area contributed by atoms with E-state index in [2.05, 4.69) is 20.7 Å². The fourth-order valence-electron chi connectivity index (χ4n) is 2.85. The lowest BCUT2D eigenvalue weighted by atomic mass is 10.2. The second-order valence-corrected chi connectivity index (χ2v) is 6.71. The average molecular weight is 427 g/mol. The van der Waals surface area contributed by atoms with Gasteiger partial charge in [-0.25, -0.2) is 4.99 Å². The number of guanidine groups is 1. The Labute approximate surface area is 174 Å². The van der Waals surface area contributed by atoms with Crippen molar-refractivity contribution in [3.05, 3.63) is 40.7 Å². The predicted molar refractivity (Wildman–Crippen MR) is 109 cm³/mol. The van der Waals surface area contributed by atoms with Crippen molar-refractivity contribution in [2.75, 3.05) is 20.3 Å². The number of aromatic nitrogens is 2. The van der Waals surface area contributed by atoms with E-state index in [1.54, 1.807) is 12.1 Å². The first-order valence-corrected chi connectivity index (χ1v) is 9.52. The van der Waals surface area contributed by atoms with Crippen molar-refractivity contribution in [1.82, 2.24) is 20.4 Å². The molecule has 1 aromatic carbocycles. The Hall–Kier alpha value is -2.91. The van der Waals surface area contributed by atoms with Gasteiger partial charge in [-0.3, -0.25) is 4.68 Å². The molecular formula is C20H28F3N5O2. The molecular weight excluding hydrogens is 399 g/mol. The third-order valence-electron chi connectivity index (χ3n) is 4.47. The molecule has 2 rings (SSSR count). The maximum atomic E-state index is 12.4. The van der Waals surface area contributed by atoms with E-state index in [4.69, 9.17) is 9.47 Å². The van der Waals surface area contributed by atoms with Crippen LogP contribution in [0.4, 0.5) is 13.2 Å². The molecule has 0 aliphatic heterocycles. The molecule has 0 spiro atoms. The maximum Gasteiger partial charge on any atom is 0.422 e. The maximum absolute atomic E-state index is 12.4. The lowest BCUT2D eigenvalue weighted by Gasteiger charge is -2.14. The molecule has 10 heteroatoms. The van der Waals surface area contributed by atoms with Gasteiger partial charge in [0, 0.05) is 31.4 Å². The van der Waals surface area contributed by atoms with Gasteiger partial charge < -0.3 is 20.1 Å². The molecule has 166 valence electrons. The molecule has 30 heavy (non-hydrogen) atoms. The molecule has 2 aromatic rings. The van der Waals surface area contributed by atoms with Crippen LogP contribution in [0.3, 0.4) is 0 Å². The first kappa shape index (κ1) is 23.4. The van der Waals surface area contributed by atoms with Crippen LogP contribution in [0, 0.1) is 13.8 Å². The number of halogens is 3. The van der Waals surface area contributed by atoms with E-state index >= 15 is 0 Å². The first-order valence-electron chi connectivity index (χ1n) is 9.52. The topological polar surface area (TPSA) is 72.7 Å². The molecule has 7 nitrogen and oxygen atoms in total. The number of nitrogens with zero attached hydrogens (tertiary/aromatic N) is 3. The summed E-state index contributed by atoms with van der Waals surface area (Å²) >= 11 is 0. The number of nitrogens with one attached hydrogen (secondary N) is 2. The monoisotopic (exact) mass is 427 g/mol. The molecule has 0 radical (unpaired) electrons. The minimum atomic E-state index is -4.41. The summed E-state index contributed by atoms with van der Waals surface area (Å²) in [5.41, 5.74) is 3.92. The van der Waals surface area contributed by atoms with E-state index in [-0.39, 0.29) is 11.5 Å². The number of benzene rings is 1. The van der Waals surface area contributed by atoms with E-state index in [1.807, 2.05) is 32.5 Å². The summed E-state index contributed by atoms with van der Waals surface area (Å²) in [5, 5.41) is 10.9. The third kappa shape index (κ3) is 6.57. The Morgan fingerprint density at radius 2 is 1.93 bits per heavy atom. The molecule has 1 aromatic heterocycles. The summed E-state index contributed by atoms with van der Waals surface area (Å²) in [6.07, 6.45) is -4.41. The van der Waals surface area contributed by atoms with Crippen molar-refractivity contribution >= 4 is 5.96 Å². The molecule has 0 saturated heterocycles. The zero-order valence-corrected chi connectivity index (χ0v) is 17.9. The molecule has 0 atom stereocenters. The molecule has 1 heterocycles. The summed E-state index contributed by atoms with van der Waals surface area (Å²) in [7, 11) is 3.29. The summed E-state index contributed by atoms with van der Waals surface area (Å²) < 4.78 is 48.9. The minimum absolute atomic E-state index is 0.0371. The molecule has 0 aliphatic carbocycles. The highest BCUT2D eigenvalue weighted by atomic mass is 19.4. The van der Waals surface area contributed by atoms with Gasteiger partial charge in [0.2, 0.25) is 0 Å². The van der Waals surface area contributed by atoms with Crippen LogP contribution in [-0.2, 0) is 20.1 Å². The van der Waals surface area contributed by atoms with E-state index in [1.165, 1.54) is 13.2 Å². The van der Waals surface area contributed by atoms with Crippen molar-refractivity contribution in [2.45, 2.75) is 40.0 Å². The zero-order chi connectivity index (χ0) is 22.3. The number of methoxy groups -OCH3 is 1. The third-order valence-corrected chi connectivity index (χ3v) is 4.47. The predicted octanol–water partition coefficient (Wildman–Crippen LogP) is 3.24. The van der Waals surface area contributed by atoms with Crippen molar-refractivity contribution in [3.8, 4) is 11.5 Å². The SMILES string of the molecule is CCNC(=NCc1ccc(OCC(F)(F)F)c(OC)c1)NCc1c(C)nn(C)c1C. The van der Waals surface area contributed by atoms with Crippen molar-refractivity contribution in [2.24, 2.45) is 12.0 Å². The van der Waals surface area contributed by atoms with Gasteiger partial charge in [0.1, 0.15) is 0 Å². The van der Waals surface area contributed by atoms with E-state index in [0.29, 0.717) is 25.6 Å². The fraction of sp³-hybridized carbons (Fsp3) is 0.500. The number of ether oxygens (including phenoxy) is 2. The molecule has 2 N–H and O–H groups in total. The summed E-state index contributed by atoms with van der Waals surface area (Å²) in [5.74, 6) is 0.887. The Kier molecular flexibility index (Phi) is 7.96. The fourth-order valence-corrected chi connectivity index (χ4v) is 2.85. The molecule has 0 fully saturated rings. The van der Waals surface area contributed by atoms with Crippen LogP contribution in [-0.4, -0.2) is 42.2 Å². The Bertz CT molecular complexity index is 878. The van der Waals surface area contributed by atoms with Gasteiger partial charge in [0.25, 0.3) is 0 Å². The summed E-state index contributed by atoms with van der Waals surface area (Å²) in [4.78, 5) is 4.55. The van der Waals surface area contributed by atoms with Crippen LogP contribution >= 0.6 is 0 Å². The Balaban J connectivity index is 2.07. The zero-order valence-electron chi connectivity index (χ0n) is 17.9. The normalized spacial score (nSPS) is 12.1. The van der Waals surface area contributed by atoms with Crippen LogP contribution in [0.2, 0.25) is 0 Å². The molecule has 0 unspecified atom stereocenters. The van der Waals surface area contributed by atoms with Gasteiger partial charge in [-0.1, -0.05) is 6.07 Å². The average Bonchev–Trinajstić information content (AvgIpc) is 2.93. The van der Waals surface area contributed by atoms with Crippen LogP contribution in [0.5, 0.6) is 11.5 Å². The van der Waals surface area contributed by atoms with Crippen molar-refractivity contribution in [3.63, 3.8) is 0 Å². The van der Waals surface area contributed by atoms with Crippen molar-refractivity contribution in [1.29, 1.82) is 0 Å². The van der Waals surface area contributed by atoms with E-state index < -0.39 is 12.8 Å². The quantitative estimate of drug-likeness (QED) is 0.500. The molecule has 0 aliphatic rings. The summed E-state index contributed by atoms with van der Waals surface area (Å²) in [6.45, 7) is 6.14. The highest BCUT2D eigenvalue weighted by molar-refractivity contribution is 5.79. The van der Waals surface area contributed by atoms with E-state index in [9.17, 15) is 13.2 Å². The van der Waals surface area contributed by atoms with Crippen LogP contribution in [0.1, 0.15) is 29.4 Å². The van der Waals surface area contributed by atoms with Gasteiger partial charge in [-0.2, -0.15) is 18.3 Å². The lowest BCUT2D eigenvalue weighted by molar-refractivity contribution is -0.153. The molecule has 0 saturated carbocycles. The lowest BCUT2D eigenvalue weighted by Crippen LogP contribution is -2.37. The first-order chi connectivity index (χ1) is 14.1. The number of hydrogen-bond donors (Lipinski definition) is 2. The largest absolute Gasteiger partial charge is 0.493 e. The van der Waals surface area contributed by atoms with Gasteiger partial charge in [-0.15, -0.1) is 0 Å². The highest BCUT2D eigenvalue weighted by Gasteiger charge is 2.29. The number of alkyl halides is 3.